The summed E-state index contributed by atoms with van der Waals surface area (Å²) in [6.07, 6.45) is 1.46. The SMILES string of the molecule is C=COC[N+](C)(C)C.COS(=O)(=O)[O-]. The first kappa shape index (κ1) is 15.8. The highest BCUT2D eigenvalue weighted by Crippen LogP contribution is 1.88. The molecule has 0 saturated heterocycles. The van der Waals surface area contributed by atoms with E-state index in [1.54, 1.807) is 0 Å². The Morgan fingerprint density at radius 2 is 1.79 bits per heavy atom. The fourth-order valence-corrected chi connectivity index (χ4v) is 0.276. The van der Waals surface area contributed by atoms with Gasteiger partial charge in [0.25, 0.3) is 0 Å². The van der Waals surface area contributed by atoms with Gasteiger partial charge in [-0.3, -0.25) is 8.67 Å². The van der Waals surface area contributed by atoms with Crippen LogP contribution in [0.3, 0.4) is 0 Å². The first-order valence-electron chi connectivity index (χ1n) is 3.67. The fraction of sp³-hybridized carbons (Fsp3) is 0.714. The van der Waals surface area contributed by atoms with Gasteiger partial charge < -0.3 is 9.29 Å². The molecule has 0 rings (SSSR count). The van der Waals surface area contributed by atoms with E-state index >= 15 is 0 Å². The summed E-state index contributed by atoms with van der Waals surface area (Å²) in [5.41, 5.74) is 0. The van der Waals surface area contributed by atoms with Gasteiger partial charge in [0.2, 0.25) is 17.1 Å². The van der Waals surface area contributed by atoms with Gasteiger partial charge >= 0.3 is 0 Å². The largest absolute Gasteiger partial charge is 0.726 e. The third-order valence-electron chi connectivity index (χ3n) is 0.784. The van der Waals surface area contributed by atoms with Crippen LogP contribution >= 0.6 is 0 Å². The molecule has 0 atom stereocenters. The Kier molecular flexibility index (Phi) is 7.65. The predicted octanol–water partition coefficient (Wildman–Crippen LogP) is -0.0968. The first-order valence-corrected chi connectivity index (χ1v) is 5.00. The van der Waals surface area contributed by atoms with E-state index in [1.165, 1.54) is 6.26 Å². The maximum atomic E-state index is 9.22. The van der Waals surface area contributed by atoms with Gasteiger partial charge in [-0.05, 0) is 0 Å². The zero-order valence-electron chi connectivity index (χ0n) is 8.89. The molecule has 0 aliphatic heterocycles. The number of rotatable bonds is 4. The lowest BCUT2D eigenvalue weighted by Crippen LogP contribution is -2.35. The molecule has 0 amide bonds. The molecule has 0 bridgehead atoms. The summed E-state index contributed by atoms with van der Waals surface area (Å²) in [6.45, 7) is 4.12. The normalized spacial score (nSPS) is 11.2. The molecular formula is C7H17NO5S. The van der Waals surface area contributed by atoms with Gasteiger partial charge in [-0.1, -0.05) is 6.58 Å². The van der Waals surface area contributed by atoms with Crippen LogP contribution in [0.1, 0.15) is 0 Å². The summed E-state index contributed by atoms with van der Waals surface area (Å²) in [7, 11) is 2.57. The van der Waals surface area contributed by atoms with Crippen LogP contribution in [0.25, 0.3) is 0 Å². The number of hydrogen-bond donors (Lipinski definition) is 0. The van der Waals surface area contributed by atoms with Crippen molar-refractivity contribution >= 4 is 10.4 Å². The van der Waals surface area contributed by atoms with E-state index in [1.807, 2.05) is 0 Å². The number of nitrogens with zero attached hydrogens (tertiary/aromatic N) is 1. The Bertz CT molecular complexity index is 241. The average molecular weight is 227 g/mol. The molecule has 0 aliphatic rings. The molecule has 0 aromatic heterocycles. The summed E-state index contributed by atoms with van der Waals surface area (Å²) in [4.78, 5) is 0. The molecule has 0 unspecified atom stereocenters. The molecule has 0 spiro atoms. The second-order valence-corrected chi connectivity index (χ2v) is 4.48. The maximum Gasteiger partial charge on any atom is 0.222 e. The van der Waals surface area contributed by atoms with Gasteiger partial charge in [-0.2, -0.15) is 0 Å². The Morgan fingerprint density at radius 1 is 1.43 bits per heavy atom. The minimum absolute atomic E-state index is 0.684. The molecule has 0 fully saturated rings. The van der Waals surface area contributed by atoms with Crippen molar-refractivity contribution in [2.45, 2.75) is 0 Å². The highest BCUT2D eigenvalue weighted by molar-refractivity contribution is 7.80. The minimum atomic E-state index is -4.41. The highest BCUT2D eigenvalue weighted by atomic mass is 32.3. The molecule has 0 aromatic rings. The van der Waals surface area contributed by atoms with Crippen LogP contribution in [0.2, 0.25) is 0 Å². The lowest BCUT2D eigenvalue weighted by Gasteiger charge is -2.21. The summed E-state index contributed by atoms with van der Waals surface area (Å²) >= 11 is 0. The minimum Gasteiger partial charge on any atom is -0.726 e. The van der Waals surface area contributed by atoms with Crippen LogP contribution in [-0.2, 0) is 19.3 Å². The molecule has 86 valence electrons. The molecule has 0 heterocycles. The maximum absolute atomic E-state index is 9.22. The Morgan fingerprint density at radius 3 is 1.86 bits per heavy atom. The van der Waals surface area contributed by atoms with E-state index in [-0.39, 0.29) is 0 Å². The number of hydrogen-bond acceptors (Lipinski definition) is 5. The summed E-state index contributed by atoms with van der Waals surface area (Å²) in [6, 6.07) is 0. The topological polar surface area (TPSA) is 75.7 Å². The Hall–Kier alpha value is -0.630. The lowest BCUT2D eigenvalue weighted by atomic mass is 10.7. The van der Waals surface area contributed by atoms with Crippen molar-refractivity contribution in [3.63, 3.8) is 0 Å². The van der Waals surface area contributed by atoms with Crippen LogP contribution in [0.15, 0.2) is 12.8 Å². The van der Waals surface area contributed by atoms with Gasteiger partial charge in [0.1, 0.15) is 0 Å². The fourth-order valence-electron chi connectivity index (χ4n) is 0.276. The van der Waals surface area contributed by atoms with Gasteiger partial charge in [0.15, 0.2) is 0 Å². The smallest absolute Gasteiger partial charge is 0.222 e. The van der Waals surface area contributed by atoms with E-state index in [4.69, 9.17) is 4.74 Å². The molecule has 0 saturated carbocycles. The molecule has 0 N–H and O–H groups in total. The van der Waals surface area contributed by atoms with Crippen molar-refractivity contribution in [1.29, 1.82) is 0 Å². The van der Waals surface area contributed by atoms with Gasteiger partial charge in [-0.15, -0.1) is 0 Å². The second kappa shape index (κ2) is 6.77. The summed E-state index contributed by atoms with van der Waals surface area (Å²) < 4.78 is 36.8. The molecule has 14 heavy (non-hydrogen) atoms. The van der Waals surface area contributed by atoms with E-state index in [0.29, 0.717) is 6.73 Å². The monoisotopic (exact) mass is 227 g/mol. The summed E-state index contributed by atoms with van der Waals surface area (Å²) in [5.74, 6) is 0. The number of ether oxygens (including phenoxy) is 1. The van der Waals surface area contributed by atoms with Gasteiger partial charge in [0.05, 0.1) is 34.5 Å². The molecule has 0 aromatic carbocycles. The standard InChI is InChI=1S/C6H14NO.CH4O4S/c1-5-8-6-7(2,3)4;1-5-6(2,3)4/h5H,1,6H2,2-4H3;1H3,(H,2,3,4)/q+1;/p-1. The molecule has 0 aliphatic carbocycles. The molecule has 0 radical (unpaired) electrons. The van der Waals surface area contributed by atoms with Crippen molar-refractivity contribution in [3.05, 3.63) is 12.8 Å². The Balaban J connectivity index is 0. The Labute approximate surface area is 85.3 Å². The lowest BCUT2D eigenvalue weighted by molar-refractivity contribution is -0.888. The summed E-state index contributed by atoms with van der Waals surface area (Å²) in [5, 5.41) is 0. The van der Waals surface area contributed by atoms with Crippen LogP contribution in [0, 0.1) is 0 Å². The van der Waals surface area contributed by atoms with Crippen molar-refractivity contribution < 1.29 is 26.4 Å². The van der Waals surface area contributed by atoms with Crippen molar-refractivity contribution in [3.8, 4) is 0 Å². The van der Waals surface area contributed by atoms with Crippen molar-refractivity contribution in [2.24, 2.45) is 0 Å². The number of quaternary nitrogens is 1. The highest BCUT2D eigenvalue weighted by Gasteiger charge is 2.03. The van der Waals surface area contributed by atoms with Gasteiger partial charge in [0, 0.05) is 0 Å². The van der Waals surface area contributed by atoms with Crippen molar-refractivity contribution in [2.75, 3.05) is 35.0 Å². The van der Waals surface area contributed by atoms with Crippen LogP contribution < -0.4 is 0 Å². The first-order chi connectivity index (χ1) is 6.12. The third-order valence-corrected chi connectivity index (χ3v) is 1.19. The van der Waals surface area contributed by atoms with Crippen LogP contribution in [0.5, 0.6) is 0 Å². The molecular weight excluding hydrogens is 210 g/mol. The van der Waals surface area contributed by atoms with E-state index in [2.05, 4.69) is 31.9 Å². The van der Waals surface area contributed by atoms with Crippen LogP contribution in [0.4, 0.5) is 0 Å². The zero-order chi connectivity index (χ0) is 11.8. The van der Waals surface area contributed by atoms with E-state index in [9.17, 15) is 13.0 Å². The zero-order valence-corrected chi connectivity index (χ0v) is 9.70. The predicted molar refractivity (Wildman–Crippen MR) is 50.9 cm³/mol. The second-order valence-electron chi connectivity index (χ2n) is 3.33. The third kappa shape index (κ3) is 22.5. The molecule has 6 nitrogen and oxygen atoms in total. The quantitative estimate of drug-likeness (QED) is 0.220. The van der Waals surface area contributed by atoms with Gasteiger partial charge in [-0.25, -0.2) is 8.42 Å². The molecule has 7 heteroatoms. The average Bonchev–Trinajstić information content (AvgIpc) is 1.99. The van der Waals surface area contributed by atoms with Crippen LogP contribution in [-0.4, -0.2) is 52.4 Å². The van der Waals surface area contributed by atoms with E-state index < -0.39 is 10.4 Å². The van der Waals surface area contributed by atoms with E-state index in [0.717, 1.165) is 11.6 Å². The van der Waals surface area contributed by atoms with Crippen molar-refractivity contribution in [1.82, 2.24) is 0 Å².